The fourth-order valence-electron chi connectivity index (χ4n) is 2.53. The van der Waals surface area contributed by atoms with Crippen molar-refractivity contribution < 1.29 is 4.79 Å². The largest absolute Gasteiger partial charge is 0.346 e. The highest BCUT2D eigenvalue weighted by Gasteiger charge is 2.24. The molecule has 2 rings (SSSR count). The molecule has 1 atom stereocenters. The molecular weight excluding hydrogens is 250 g/mol. The lowest BCUT2D eigenvalue weighted by Gasteiger charge is -2.28. The van der Waals surface area contributed by atoms with E-state index in [0.29, 0.717) is 18.3 Å². The number of carbonyl (C=O) groups excluding carboxylic acids is 1. The number of imidazole rings is 1. The number of allylic oxidation sites excluding steroid dienone is 1. The molecular formula is C16H25N3O. The fourth-order valence-corrected chi connectivity index (χ4v) is 2.53. The molecule has 0 bridgehead atoms. The third-order valence-corrected chi connectivity index (χ3v) is 3.85. The van der Waals surface area contributed by atoms with E-state index in [4.69, 9.17) is 0 Å². The second-order valence-electron chi connectivity index (χ2n) is 6.18. The van der Waals surface area contributed by atoms with E-state index in [9.17, 15) is 4.79 Å². The van der Waals surface area contributed by atoms with E-state index in [2.05, 4.69) is 42.9 Å². The number of likely N-dealkylation sites (tertiary alicyclic amines) is 1. The van der Waals surface area contributed by atoms with Gasteiger partial charge in [0.15, 0.2) is 0 Å². The van der Waals surface area contributed by atoms with E-state index in [-0.39, 0.29) is 5.91 Å². The number of aryl methyl sites for hydroxylation is 1. The van der Waals surface area contributed by atoms with Crippen LogP contribution >= 0.6 is 0 Å². The van der Waals surface area contributed by atoms with E-state index >= 15 is 0 Å². The van der Waals surface area contributed by atoms with Crippen molar-refractivity contribution in [2.45, 2.75) is 40.0 Å². The van der Waals surface area contributed by atoms with Gasteiger partial charge in [-0.15, -0.1) is 0 Å². The van der Waals surface area contributed by atoms with Crippen molar-refractivity contribution >= 4 is 12.0 Å². The lowest BCUT2D eigenvalue weighted by atomic mass is 9.93. The van der Waals surface area contributed by atoms with E-state index in [1.54, 1.807) is 0 Å². The van der Waals surface area contributed by atoms with Crippen molar-refractivity contribution in [1.29, 1.82) is 0 Å². The number of amides is 1. The second-order valence-corrected chi connectivity index (χ2v) is 6.18. The molecule has 4 nitrogen and oxygen atoms in total. The van der Waals surface area contributed by atoms with E-state index < -0.39 is 0 Å². The topological polar surface area (TPSA) is 49.0 Å². The van der Waals surface area contributed by atoms with Crippen LogP contribution in [0.15, 0.2) is 6.08 Å². The number of hydrogen-bond donors (Lipinski definition) is 1. The third-order valence-electron chi connectivity index (χ3n) is 3.85. The average Bonchev–Trinajstić information content (AvgIpc) is 2.72. The Morgan fingerprint density at radius 3 is 2.90 bits per heavy atom. The highest BCUT2D eigenvalue weighted by molar-refractivity contribution is 5.76. The maximum Gasteiger partial charge on any atom is 0.222 e. The summed E-state index contributed by atoms with van der Waals surface area (Å²) in [6.07, 6.45) is 6.83. The predicted molar refractivity (Wildman–Crippen MR) is 81.3 cm³/mol. The van der Waals surface area contributed by atoms with Gasteiger partial charge in [-0.3, -0.25) is 4.79 Å². The van der Waals surface area contributed by atoms with Gasteiger partial charge >= 0.3 is 0 Å². The van der Waals surface area contributed by atoms with Crippen molar-refractivity contribution in [1.82, 2.24) is 14.9 Å². The quantitative estimate of drug-likeness (QED) is 0.918. The summed E-state index contributed by atoms with van der Waals surface area (Å²) in [4.78, 5) is 21.6. The van der Waals surface area contributed by atoms with Crippen LogP contribution in [0.2, 0.25) is 0 Å². The molecule has 0 aliphatic carbocycles. The first-order valence-electron chi connectivity index (χ1n) is 7.43. The summed E-state index contributed by atoms with van der Waals surface area (Å²) in [5.74, 6) is 2.21. The summed E-state index contributed by atoms with van der Waals surface area (Å²) in [5.41, 5.74) is 2.13. The molecule has 1 amide bonds. The molecule has 20 heavy (non-hydrogen) atoms. The van der Waals surface area contributed by atoms with Crippen molar-refractivity contribution in [3.05, 3.63) is 23.3 Å². The number of piperidine rings is 1. The molecule has 1 aromatic rings. The number of H-pyrrole nitrogens is 1. The van der Waals surface area contributed by atoms with Gasteiger partial charge in [-0.25, -0.2) is 4.98 Å². The predicted octanol–water partition coefficient (Wildman–Crippen LogP) is 2.80. The van der Waals surface area contributed by atoms with Crippen molar-refractivity contribution in [2.24, 2.45) is 11.8 Å². The molecule has 1 saturated heterocycles. The van der Waals surface area contributed by atoms with Gasteiger partial charge < -0.3 is 9.88 Å². The standard InChI is InChI=1S/C16H25N3O/c1-11(2)5-6-14-12(3)17-15(18-14)9-13-7-8-19(4)16(20)10-13/h5-6,11,13H,7-10H2,1-4H3,(H,17,18)/b6-5-. The van der Waals surface area contributed by atoms with Crippen molar-refractivity contribution in [3.63, 3.8) is 0 Å². The number of aromatic nitrogens is 2. The third kappa shape index (κ3) is 3.71. The smallest absolute Gasteiger partial charge is 0.222 e. The summed E-state index contributed by atoms with van der Waals surface area (Å²) in [7, 11) is 1.88. The fraction of sp³-hybridized carbons (Fsp3) is 0.625. The Morgan fingerprint density at radius 1 is 1.50 bits per heavy atom. The Balaban J connectivity index is 2.00. The molecule has 0 radical (unpaired) electrons. The second kappa shape index (κ2) is 6.25. The Labute approximate surface area is 121 Å². The van der Waals surface area contributed by atoms with Crippen LogP contribution in [-0.2, 0) is 11.2 Å². The van der Waals surface area contributed by atoms with Crippen LogP contribution < -0.4 is 0 Å². The van der Waals surface area contributed by atoms with Gasteiger partial charge in [-0.2, -0.15) is 0 Å². The number of nitrogens with one attached hydrogen (secondary N) is 1. The van der Waals surface area contributed by atoms with Gasteiger partial charge in [0.1, 0.15) is 5.82 Å². The molecule has 0 spiro atoms. The summed E-state index contributed by atoms with van der Waals surface area (Å²) < 4.78 is 0. The van der Waals surface area contributed by atoms with Crippen molar-refractivity contribution in [3.8, 4) is 0 Å². The lowest BCUT2D eigenvalue weighted by Crippen LogP contribution is -2.36. The molecule has 1 aliphatic rings. The molecule has 1 N–H and O–H groups in total. The molecule has 0 saturated carbocycles. The Bertz CT molecular complexity index is 502. The molecule has 1 aromatic heterocycles. The monoisotopic (exact) mass is 275 g/mol. The molecule has 2 heterocycles. The highest BCUT2D eigenvalue weighted by atomic mass is 16.2. The molecule has 1 aliphatic heterocycles. The van der Waals surface area contributed by atoms with E-state index in [1.807, 2.05) is 11.9 Å². The first-order chi connectivity index (χ1) is 9.45. The molecule has 4 heteroatoms. The molecule has 1 fully saturated rings. The Hall–Kier alpha value is -1.58. The number of aromatic amines is 1. The van der Waals surface area contributed by atoms with Gasteiger partial charge in [0, 0.05) is 32.1 Å². The summed E-state index contributed by atoms with van der Waals surface area (Å²) in [6, 6.07) is 0. The number of hydrogen-bond acceptors (Lipinski definition) is 2. The minimum absolute atomic E-state index is 0.254. The number of carbonyl (C=O) groups is 1. The van der Waals surface area contributed by atoms with Crippen molar-refractivity contribution in [2.75, 3.05) is 13.6 Å². The SMILES string of the molecule is Cc1[nH]c(CC2CCN(C)C(=O)C2)nc1/C=C\C(C)C. The summed E-state index contributed by atoms with van der Waals surface area (Å²) in [5, 5.41) is 0. The minimum Gasteiger partial charge on any atom is -0.346 e. The first-order valence-corrected chi connectivity index (χ1v) is 7.43. The summed E-state index contributed by atoms with van der Waals surface area (Å²) in [6.45, 7) is 7.23. The normalized spacial score (nSPS) is 20.4. The van der Waals surface area contributed by atoms with Crippen LogP contribution in [0.5, 0.6) is 0 Å². The first kappa shape index (κ1) is 14.8. The zero-order chi connectivity index (χ0) is 14.7. The van der Waals surface area contributed by atoms with Gasteiger partial charge in [0.2, 0.25) is 5.91 Å². The Morgan fingerprint density at radius 2 is 2.25 bits per heavy atom. The average molecular weight is 275 g/mol. The van der Waals surface area contributed by atoms with E-state index in [1.165, 1.54) is 0 Å². The van der Waals surface area contributed by atoms with Crippen LogP contribution in [0.3, 0.4) is 0 Å². The zero-order valence-electron chi connectivity index (χ0n) is 12.9. The number of rotatable bonds is 4. The highest BCUT2D eigenvalue weighted by Crippen LogP contribution is 2.21. The Kier molecular flexibility index (Phi) is 4.63. The van der Waals surface area contributed by atoms with Crippen LogP contribution in [-0.4, -0.2) is 34.4 Å². The van der Waals surface area contributed by atoms with Crippen LogP contribution in [0, 0.1) is 18.8 Å². The van der Waals surface area contributed by atoms with Crippen LogP contribution in [0.1, 0.15) is 43.9 Å². The van der Waals surface area contributed by atoms with Crippen LogP contribution in [0.25, 0.3) is 6.08 Å². The summed E-state index contributed by atoms with van der Waals surface area (Å²) >= 11 is 0. The van der Waals surface area contributed by atoms with Gasteiger partial charge in [0.25, 0.3) is 0 Å². The molecule has 1 unspecified atom stereocenters. The van der Waals surface area contributed by atoms with Crippen LogP contribution in [0.4, 0.5) is 0 Å². The zero-order valence-corrected chi connectivity index (χ0v) is 12.9. The maximum atomic E-state index is 11.7. The maximum absolute atomic E-state index is 11.7. The number of nitrogens with zero attached hydrogens (tertiary/aromatic N) is 2. The van der Waals surface area contributed by atoms with Gasteiger partial charge in [-0.05, 0) is 31.3 Å². The molecule has 110 valence electrons. The van der Waals surface area contributed by atoms with Gasteiger partial charge in [0.05, 0.1) is 5.69 Å². The minimum atomic E-state index is 0.254. The lowest BCUT2D eigenvalue weighted by molar-refractivity contribution is -0.133. The molecule has 0 aromatic carbocycles. The van der Waals surface area contributed by atoms with E-state index in [0.717, 1.165) is 36.6 Å². The van der Waals surface area contributed by atoms with Gasteiger partial charge in [-0.1, -0.05) is 19.9 Å².